The van der Waals surface area contributed by atoms with Crippen LogP contribution in [0.4, 0.5) is 8.78 Å². The van der Waals surface area contributed by atoms with E-state index in [4.69, 9.17) is 0 Å². The molecule has 0 heterocycles. The van der Waals surface area contributed by atoms with E-state index in [0.29, 0.717) is 6.42 Å². The maximum atomic E-state index is 11.4. The molecule has 0 radical (unpaired) electrons. The summed E-state index contributed by atoms with van der Waals surface area (Å²) in [4.78, 5) is 0.219. The fourth-order valence-corrected chi connectivity index (χ4v) is 0.620. The Hall–Kier alpha value is 0.340. The average Bonchev–Trinajstić information content (AvgIpc) is 1.61. The molecule has 0 aromatic heterocycles. The summed E-state index contributed by atoms with van der Waals surface area (Å²) in [6, 6.07) is 0. The second-order valence-corrected chi connectivity index (χ2v) is 3.31. The van der Waals surface area contributed by atoms with E-state index >= 15 is 0 Å². The molecule has 0 saturated carbocycles. The Morgan fingerprint density at radius 3 is 2.00 bits per heavy atom. The molecule has 0 bridgehead atoms. The zero-order chi connectivity index (χ0) is 6.57. The molecule has 1 atom stereocenters. The summed E-state index contributed by atoms with van der Waals surface area (Å²) in [7, 11) is 0. The predicted molar refractivity (Wildman–Crippen MR) is 33.6 cm³/mol. The van der Waals surface area contributed by atoms with Crippen molar-refractivity contribution < 1.29 is 8.78 Å². The van der Waals surface area contributed by atoms with E-state index in [9.17, 15) is 8.78 Å². The van der Waals surface area contributed by atoms with Gasteiger partial charge < -0.3 is 0 Å². The van der Waals surface area contributed by atoms with Gasteiger partial charge in [0.2, 0.25) is 6.43 Å². The third kappa shape index (κ3) is 6.34. The second kappa shape index (κ2) is 4.24. The summed E-state index contributed by atoms with van der Waals surface area (Å²) in [6.07, 6.45) is -1.58. The first-order valence-corrected chi connectivity index (χ1v) is 3.46. The Labute approximate surface area is 56.4 Å². The maximum absolute atomic E-state index is 11.4. The minimum absolute atomic E-state index is 0.00637. The molecule has 0 aromatic rings. The van der Waals surface area contributed by atoms with Crippen LogP contribution in [0.25, 0.3) is 0 Å². The molecule has 0 N–H and O–H groups in total. The molecular weight excluding hydrogens is 178 g/mol. The molecule has 0 saturated heterocycles. The molecule has 0 spiro atoms. The van der Waals surface area contributed by atoms with Crippen LogP contribution in [0.2, 0.25) is 0 Å². The first-order valence-electron chi connectivity index (χ1n) is 2.55. The van der Waals surface area contributed by atoms with Crippen LogP contribution in [0.3, 0.4) is 0 Å². The van der Waals surface area contributed by atoms with Gasteiger partial charge in [-0.15, -0.1) is 0 Å². The van der Waals surface area contributed by atoms with Crippen LogP contribution in [-0.4, -0.2) is 11.3 Å². The zero-order valence-corrected chi connectivity index (χ0v) is 6.29. The highest BCUT2D eigenvalue weighted by Crippen LogP contribution is 2.10. The van der Waals surface area contributed by atoms with Crippen molar-refractivity contribution in [3.63, 3.8) is 0 Å². The maximum Gasteiger partial charge on any atom is 0.238 e. The lowest BCUT2D eigenvalue weighted by molar-refractivity contribution is 0.135. The third-order valence-corrected chi connectivity index (χ3v) is 1.24. The minimum Gasteiger partial charge on any atom is -0.211 e. The van der Waals surface area contributed by atoms with E-state index in [1.807, 2.05) is 6.92 Å². The molecule has 0 aliphatic rings. The van der Waals surface area contributed by atoms with Crippen LogP contribution >= 0.6 is 15.9 Å². The van der Waals surface area contributed by atoms with Gasteiger partial charge in [0.15, 0.2) is 0 Å². The quantitative estimate of drug-likeness (QED) is 0.596. The van der Waals surface area contributed by atoms with Crippen molar-refractivity contribution in [1.82, 2.24) is 0 Å². The minimum atomic E-state index is -2.14. The lowest BCUT2D eigenvalue weighted by Crippen LogP contribution is -1.95. The summed E-state index contributed by atoms with van der Waals surface area (Å²) < 4.78 is 22.7. The molecule has 3 heteroatoms. The van der Waals surface area contributed by atoms with Gasteiger partial charge in [-0.3, -0.25) is 0 Å². The molecule has 0 amide bonds. The standard InChI is InChI=1S/C5H9BrF2/c1-4(6)2-3-5(7)8/h4-5H,2-3H2,1H3/t4-/m1/s1. The van der Waals surface area contributed by atoms with E-state index in [1.54, 1.807) is 0 Å². The van der Waals surface area contributed by atoms with Crippen molar-refractivity contribution in [2.75, 3.05) is 0 Å². The van der Waals surface area contributed by atoms with Gasteiger partial charge in [-0.2, -0.15) is 0 Å². The molecule has 0 nitrogen and oxygen atoms in total. The SMILES string of the molecule is C[C@@H](Br)CCC(F)F. The number of rotatable bonds is 3. The second-order valence-electron chi connectivity index (χ2n) is 1.75. The molecular formula is C5H9BrF2. The monoisotopic (exact) mass is 186 g/mol. The number of hydrogen-bond donors (Lipinski definition) is 0. The van der Waals surface area contributed by atoms with Crippen LogP contribution in [-0.2, 0) is 0 Å². The summed E-state index contributed by atoms with van der Waals surface area (Å²) in [5.74, 6) is 0. The fraction of sp³-hybridized carbons (Fsp3) is 1.00. The number of hydrogen-bond acceptors (Lipinski definition) is 0. The Kier molecular flexibility index (Phi) is 4.42. The highest BCUT2D eigenvalue weighted by Gasteiger charge is 2.03. The van der Waals surface area contributed by atoms with Crippen LogP contribution < -0.4 is 0 Å². The van der Waals surface area contributed by atoms with Crippen molar-refractivity contribution in [2.24, 2.45) is 0 Å². The summed E-state index contributed by atoms with van der Waals surface area (Å²) in [5, 5.41) is 0. The van der Waals surface area contributed by atoms with E-state index < -0.39 is 6.43 Å². The van der Waals surface area contributed by atoms with Crippen molar-refractivity contribution in [1.29, 1.82) is 0 Å². The molecule has 8 heavy (non-hydrogen) atoms. The van der Waals surface area contributed by atoms with Gasteiger partial charge in [-0.1, -0.05) is 22.9 Å². The average molecular weight is 187 g/mol. The third-order valence-electron chi connectivity index (χ3n) is 0.783. The van der Waals surface area contributed by atoms with Gasteiger partial charge in [0.1, 0.15) is 0 Å². The molecule has 0 aromatic carbocycles. The summed E-state index contributed by atoms with van der Waals surface area (Å²) in [5.41, 5.74) is 0. The van der Waals surface area contributed by atoms with E-state index in [1.165, 1.54) is 0 Å². The van der Waals surface area contributed by atoms with E-state index in [0.717, 1.165) is 0 Å². The first-order chi connectivity index (χ1) is 3.63. The zero-order valence-electron chi connectivity index (χ0n) is 4.70. The smallest absolute Gasteiger partial charge is 0.211 e. The topological polar surface area (TPSA) is 0 Å². The molecule has 0 fully saturated rings. The van der Waals surface area contributed by atoms with Gasteiger partial charge in [0.25, 0.3) is 0 Å². The summed E-state index contributed by atoms with van der Waals surface area (Å²) in [6.45, 7) is 1.86. The highest BCUT2D eigenvalue weighted by atomic mass is 79.9. The lowest BCUT2D eigenvalue weighted by Gasteiger charge is -1.99. The Morgan fingerprint density at radius 1 is 1.38 bits per heavy atom. The van der Waals surface area contributed by atoms with E-state index in [-0.39, 0.29) is 11.2 Å². The van der Waals surface area contributed by atoms with Crippen LogP contribution in [0.15, 0.2) is 0 Å². The number of alkyl halides is 3. The van der Waals surface area contributed by atoms with Crippen molar-refractivity contribution in [3.05, 3.63) is 0 Å². The number of halogens is 3. The fourth-order valence-electron chi connectivity index (χ4n) is 0.356. The molecule has 0 aliphatic heterocycles. The molecule has 50 valence electrons. The first kappa shape index (κ1) is 8.34. The molecule has 0 aliphatic carbocycles. The Balaban J connectivity index is 2.93. The predicted octanol–water partition coefficient (Wildman–Crippen LogP) is 2.82. The van der Waals surface area contributed by atoms with Gasteiger partial charge in [-0.25, -0.2) is 8.78 Å². The lowest BCUT2D eigenvalue weighted by atomic mass is 10.3. The molecule has 0 rings (SSSR count). The van der Waals surface area contributed by atoms with Crippen LogP contribution in [0, 0.1) is 0 Å². The summed E-state index contributed by atoms with van der Waals surface area (Å²) >= 11 is 3.17. The van der Waals surface area contributed by atoms with E-state index in [2.05, 4.69) is 15.9 Å². The van der Waals surface area contributed by atoms with Gasteiger partial charge >= 0.3 is 0 Å². The normalized spacial score (nSPS) is 14.6. The Morgan fingerprint density at radius 2 is 1.88 bits per heavy atom. The van der Waals surface area contributed by atoms with Gasteiger partial charge in [0, 0.05) is 11.2 Å². The Bertz CT molecular complexity index is 46.4. The van der Waals surface area contributed by atoms with Crippen molar-refractivity contribution in [2.45, 2.75) is 31.0 Å². The van der Waals surface area contributed by atoms with Crippen LogP contribution in [0.5, 0.6) is 0 Å². The van der Waals surface area contributed by atoms with Crippen molar-refractivity contribution in [3.8, 4) is 0 Å². The highest BCUT2D eigenvalue weighted by molar-refractivity contribution is 9.09. The van der Waals surface area contributed by atoms with Gasteiger partial charge in [0.05, 0.1) is 0 Å². The van der Waals surface area contributed by atoms with Crippen molar-refractivity contribution >= 4 is 15.9 Å². The largest absolute Gasteiger partial charge is 0.238 e. The van der Waals surface area contributed by atoms with Crippen LogP contribution in [0.1, 0.15) is 19.8 Å². The molecule has 0 unspecified atom stereocenters. The van der Waals surface area contributed by atoms with Gasteiger partial charge in [-0.05, 0) is 6.42 Å².